The normalized spacial score (nSPS) is 10.7. The molecule has 0 aliphatic heterocycles. The molecule has 1 heterocycles. The number of benzene rings is 2. The molecule has 0 saturated carbocycles. The quantitative estimate of drug-likeness (QED) is 0.422. The van der Waals surface area contributed by atoms with Crippen LogP contribution in [0.2, 0.25) is 0 Å². The van der Waals surface area contributed by atoms with Crippen molar-refractivity contribution in [1.82, 2.24) is 20.6 Å². The van der Waals surface area contributed by atoms with E-state index in [1.165, 1.54) is 0 Å². The molecule has 30 heavy (non-hydrogen) atoms. The minimum atomic E-state index is -0.415. The predicted molar refractivity (Wildman–Crippen MR) is 116 cm³/mol. The second-order valence-electron chi connectivity index (χ2n) is 7.10. The van der Waals surface area contributed by atoms with E-state index in [0.717, 1.165) is 41.7 Å². The van der Waals surface area contributed by atoms with Crippen molar-refractivity contribution in [3.63, 3.8) is 0 Å². The summed E-state index contributed by atoms with van der Waals surface area (Å²) in [7, 11) is 0. The fourth-order valence-electron chi connectivity index (χ4n) is 3.08. The average molecular weight is 409 g/mol. The Bertz CT molecular complexity index is 907. The number of hydrogen-bond donors (Lipinski definition) is 3. The zero-order valence-electron chi connectivity index (χ0n) is 17.0. The molecule has 0 aliphatic carbocycles. The van der Waals surface area contributed by atoms with E-state index in [0.29, 0.717) is 25.9 Å². The molecule has 2 aromatic carbocycles. The zero-order valence-corrected chi connectivity index (χ0v) is 17.0. The monoisotopic (exact) mass is 408 g/mol. The zero-order chi connectivity index (χ0) is 21.0. The highest BCUT2D eigenvalue weighted by Crippen LogP contribution is 2.10. The van der Waals surface area contributed by atoms with Gasteiger partial charge in [-0.05, 0) is 30.5 Å². The maximum atomic E-state index is 11.9. The summed E-state index contributed by atoms with van der Waals surface area (Å²) < 4.78 is 5.15. The SMILES string of the molecule is O=C(CCCCCNC(=O)OCc1ccccc1)NCCc1nc2ccccc2[nH]1. The fraction of sp³-hybridized carbons (Fsp3) is 0.348. The highest BCUT2D eigenvalue weighted by molar-refractivity contribution is 5.76. The molecular formula is C23H28N4O3. The van der Waals surface area contributed by atoms with Gasteiger partial charge in [-0.2, -0.15) is 0 Å². The number of imidazole rings is 1. The van der Waals surface area contributed by atoms with Gasteiger partial charge in [0.15, 0.2) is 0 Å². The first-order chi connectivity index (χ1) is 14.7. The molecule has 1 aromatic heterocycles. The van der Waals surface area contributed by atoms with E-state index in [-0.39, 0.29) is 12.5 Å². The van der Waals surface area contributed by atoms with E-state index in [2.05, 4.69) is 20.6 Å². The molecule has 0 atom stereocenters. The molecule has 0 saturated heterocycles. The molecule has 158 valence electrons. The van der Waals surface area contributed by atoms with E-state index in [1.54, 1.807) is 0 Å². The number of amides is 2. The van der Waals surface area contributed by atoms with E-state index in [9.17, 15) is 9.59 Å². The van der Waals surface area contributed by atoms with Gasteiger partial charge in [0, 0.05) is 25.9 Å². The Kier molecular flexibility index (Phi) is 8.26. The first-order valence-corrected chi connectivity index (χ1v) is 10.4. The Morgan fingerprint density at radius 3 is 2.53 bits per heavy atom. The fourth-order valence-corrected chi connectivity index (χ4v) is 3.08. The third-order valence-electron chi connectivity index (χ3n) is 4.69. The van der Waals surface area contributed by atoms with Gasteiger partial charge in [0.2, 0.25) is 5.91 Å². The van der Waals surface area contributed by atoms with Crippen molar-refractivity contribution >= 4 is 23.0 Å². The average Bonchev–Trinajstić information content (AvgIpc) is 3.18. The lowest BCUT2D eigenvalue weighted by Crippen LogP contribution is -2.26. The Labute approximate surface area is 176 Å². The van der Waals surface area contributed by atoms with Gasteiger partial charge in [-0.15, -0.1) is 0 Å². The van der Waals surface area contributed by atoms with Gasteiger partial charge in [0.05, 0.1) is 11.0 Å². The van der Waals surface area contributed by atoms with Gasteiger partial charge in [-0.25, -0.2) is 9.78 Å². The topological polar surface area (TPSA) is 96.1 Å². The highest BCUT2D eigenvalue weighted by atomic mass is 16.5. The summed E-state index contributed by atoms with van der Waals surface area (Å²) >= 11 is 0. The van der Waals surface area contributed by atoms with E-state index < -0.39 is 6.09 Å². The van der Waals surface area contributed by atoms with Crippen LogP contribution in [0.15, 0.2) is 54.6 Å². The summed E-state index contributed by atoms with van der Waals surface area (Å²) in [5, 5.41) is 5.66. The van der Waals surface area contributed by atoms with Crippen LogP contribution in [-0.2, 0) is 22.6 Å². The van der Waals surface area contributed by atoms with E-state index in [4.69, 9.17) is 4.74 Å². The molecular weight excluding hydrogens is 380 g/mol. The molecule has 3 rings (SSSR count). The Hall–Kier alpha value is -3.35. The predicted octanol–water partition coefficient (Wildman–Crippen LogP) is 3.71. The van der Waals surface area contributed by atoms with E-state index >= 15 is 0 Å². The van der Waals surface area contributed by atoms with Gasteiger partial charge in [0.25, 0.3) is 0 Å². The van der Waals surface area contributed by atoms with Crippen LogP contribution in [0.4, 0.5) is 4.79 Å². The standard InChI is InChI=1S/C23H28N4O3/c28-22(24-16-14-21-26-19-11-6-7-12-20(19)27-21)13-5-2-8-15-25-23(29)30-17-18-9-3-1-4-10-18/h1,3-4,6-7,9-12H,2,5,8,13-17H2,(H,24,28)(H,25,29)(H,26,27). The van der Waals surface area contributed by atoms with Gasteiger partial charge >= 0.3 is 6.09 Å². The lowest BCUT2D eigenvalue weighted by atomic mass is 10.2. The van der Waals surface area contributed by atoms with Crippen molar-refractivity contribution in [2.75, 3.05) is 13.1 Å². The second-order valence-corrected chi connectivity index (χ2v) is 7.10. The van der Waals surface area contributed by atoms with Crippen LogP contribution in [0.5, 0.6) is 0 Å². The number of carbonyl (C=O) groups excluding carboxylic acids is 2. The van der Waals surface area contributed by atoms with Gasteiger partial charge in [0.1, 0.15) is 12.4 Å². The third-order valence-corrected chi connectivity index (χ3v) is 4.69. The third kappa shape index (κ3) is 7.24. The van der Waals surface area contributed by atoms with E-state index in [1.807, 2.05) is 54.6 Å². The summed E-state index contributed by atoms with van der Waals surface area (Å²) in [6.45, 7) is 1.37. The summed E-state index contributed by atoms with van der Waals surface area (Å²) in [5.41, 5.74) is 2.91. The number of H-pyrrole nitrogens is 1. The lowest BCUT2D eigenvalue weighted by Gasteiger charge is -2.07. The molecule has 0 aliphatic rings. The van der Waals surface area contributed by atoms with Crippen LogP contribution in [0.1, 0.15) is 37.1 Å². The second kappa shape index (κ2) is 11.6. The molecule has 2 amide bonds. The maximum Gasteiger partial charge on any atom is 0.407 e. The molecule has 0 unspecified atom stereocenters. The first kappa shape index (κ1) is 21.4. The smallest absolute Gasteiger partial charge is 0.407 e. The largest absolute Gasteiger partial charge is 0.445 e. The number of unbranched alkanes of at least 4 members (excludes halogenated alkanes) is 2. The van der Waals surface area contributed by atoms with Crippen molar-refractivity contribution in [3.8, 4) is 0 Å². The van der Waals surface area contributed by atoms with Gasteiger partial charge < -0.3 is 20.4 Å². The van der Waals surface area contributed by atoms with Crippen LogP contribution in [0, 0.1) is 0 Å². The molecule has 0 fully saturated rings. The van der Waals surface area contributed by atoms with Crippen molar-refractivity contribution in [2.24, 2.45) is 0 Å². The Balaban J connectivity index is 1.18. The molecule has 0 radical (unpaired) electrons. The number of fused-ring (bicyclic) bond motifs is 1. The molecule has 3 N–H and O–H groups in total. The summed E-state index contributed by atoms with van der Waals surface area (Å²) in [6.07, 6.45) is 3.22. The van der Waals surface area contributed by atoms with Crippen molar-refractivity contribution < 1.29 is 14.3 Å². The lowest BCUT2D eigenvalue weighted by molar-refractivity contribution is -0.121. The maximum absolute atomic E-state index is 11.9. The number of rotatable bonds is 11. The minimum Gasteiger partial charge on any atom is -0.445 e. The summed E-state index contributed by atoms with van der Waals surface area (Å²) in [4.78, 5) is 31.3. The number of hydrogen-bond acceptors (Lipinski definition) is 4. The molecule has 0 bridgehead atoms. The first-order valence-electron chi connectivity index (χ1n) is 10.4. The van der Waals surface area contributed by atoms with Crippen molar-refractivity contribution in [2.45, 2.75) is 38.7 Å². The summed E-state index contributed by atoms with van der Waals surface area (Å²) in [5.74, 6) is 0.920. The number of para-hydroxylation sites is 2. The van der Waals surface area contributed by atoms with Crippen LogP contribution < -0.4 is 10.6 Å². The number of nitrogens with one attached hydrogen (secondary N) is 3. The number of alkyl carbamates (subject to hydrolysis) is 1. The molecule has 0 spiro atoms. The number of carbonyl (C=O) groups is 2. The Morgan fingerprint density at radius 1 is 0.900 bits per heavy atom. The van der Waals surface area contributed by atoms with Crippen LogP contribution in [0.25, 0.3) is 11.0 Å². The number of aromatic nitrogens is 2. The number of ether oxygens (including phenoxy) is 1. The highest BCUT2D eigenvalue weighted by Gasteiger charge is 2.05. The minimum absolute atomic E-state index is 0.0429. The number of aromatic amines is 1. The van der Waals surface area contributed by atoms with Gasteiger partial charge in [-0.1, -0.05) is 48.9 Å². The van der Waals surface area contributed by atoms with Crippen LogP contribution in [-0.4, -0.2) is 35.1 Å². The van der Waals surface area contributed by atoms with Crippen LogP contribution >= 0.6 is 0 Å². The Morgan fingerprint density at radius 2 is 1.70 bits per heavy atom. The van der Waals surface area contributed by atoms with Gasteiger partial charge in [-0.3, -0.25) is 4.79 Å². The van der Waals surface area contributed by atoms with Crippen molar-refractivity contribution in [3.05, 3.63) is 66.0 Å². The van der Waals surface area contributed by atoms with Crippen LogP contribution in [0.3, 0.4) is 0 Å². The molecule has 7 nitrogen and oxygen atoms in total. The number of nitrogens with zero attached hydrogens (tertiary/aromatic N) is 1. The summed E-state index contributed by atoms with van der Waals surface area (Å²) in [6, 6.07) is 17.4. The molecule has 7 heteroatoms. The van der Waals surface area contributed by atoms with Crippen molar-refractivity contribution in [1.29, 1.82) is 0 Å². The molecule has 3 aromatic rings.